The monoisotopic (exact) mass is 1290 g/mol. The molecule has 39 heteroatoms. The molecule has 1 aliphatic rings. The summed E-state index contributed by atoms with van der Waals surface area (Å²) in [5.41, 5.74) is 8.50. The lowest BCUT2D eigenvalue weighted by atomic mass is 10.2. The molecule has 7 rings (SSSR count). The van der Waals surface area contributed by atoms with E-state index in [0.717, 1.165) is 21.4 Å². The smallest absolute Gasteiger partial charge is 0.478 e. The molecule has 87 heavy (non-hydrogen) atoms. The summed E-state index contributed by atoms with van der Waals surface area (Å²) in [6.45, 7) is 6.64. The Hall–Kier alpha value is -8.89. The zero-order valence-electron chi connectivity index (χ0n) is 46.5. The van der Waals surface area contributed by atoms with Crippen molar-refractivity contribution in [1.82, 2.24) is 48.4 Å². The van der Waals surface area contributed by atoms with Crippen LogP contribution in [0.3, 0.4) is 0 Å². The lowest BCUT2D eigenvalue weighted by Crippen LogP contribution is -2.28. The average molecular weight is 1290 g/mol. The topological polar surface area (TPSA) is 456 Å². The highest BCUT2D eigenvalue weighted by Crippen LogP contribution is 2.48. The number of nitrogens with one attached hydrogen (secondary N) is 1. The second-order valence-electron chi connectivity index (χ2n) is 17.6. The Balaban J connectivity index is 0.000000277. The minimum Gasteiger partial charge on any atom is -0.478 e. The van der Waals surface area contributed by atoms with Crippen LogP contribution in [0.2, 0.25) is 5.02 Å². The largest absolute Gasteiger partial charge is 0.510 e. The molecule has 0 unspecified atom stereocenters. The van der Waals surface area contributed by atoms with Crippen molar-refractivity contribution in [1.29, 1.82) is 5.26 Å². The molecule has 0 saturated carbocycles. The number of nitrogens with zero attached hydrogens (tertiary/aromatic N) is 10. The standard InChI is InChI=1S/C19H30N5O10P.C17H11ClF3N5O3.C8H11N3O3S.C4H4O4/c1-12(2)33-18(25)28-9-31-35(27,32-10-29-19(26)34-13(3)4)11-30-14(5)6-24-8-23-15-16(20)21-7-22-17(15)24;1-25-13(23-24-16(25)28)8-26-3-2-12(17(19,20)21)14(15(26)27)29-11-5-9(7-22)4-10(18)6-11;9-5-1-2-11(8(13)10-5)6-4-15-7(3-12)14-6;5-3(6)1-2-4(7)8/h7-8,12-14H,6,9-11H2,1-5H3,(H2,20,21,22);2-6H,8H2,1H3,(H,24,28);1-2,6-7,12H,3-4H2,(H2,9,10,13);1-2H,(H,5,6)(H,7,8)/b;;;2-1+/t14-;;6-,7+;/m1.0./s1. The minimum atomic E-state index is -4.87. The summed E-state index contributed by atoms with van der Waals surface area (Å²) in [5, 5.41) is 39.4. The van der Waals surface area contributed by atoms with Crippen molar-refractivity contribution >= 4 is 78.0 Å². The molecular formula is C48H56ClF3N13O20PS. The lowest BCUT2D eigenvalue weighted by Gasteiger charge is -2.21. The Morgan fingerprint density at radius 1 is 0.954 bits per heavy atom. The number of H-pyrrole nitrogens is 1. The highest BCUT2D eigenvalue weighted by atomic mass is 35.5. The zero-order valence-corrected chi connectivity index (χ0v) is 48.9. The van der Waals surface area contributed by atoms with Crippen LogP contribution in [0.5, 0.6) is 11.5 Å². The number of carbonyl (C=O) groups is 4. The molecule has 5 aromatic heterocycles. The van der Waals surface area contributed by atoms with Gasteiger partial charge in [0.25, 0.3) is 5.56 Å². The third-order valence-electron chi connectivity index (χ3n) is 10.3. The van der Waals surface area contributed by atoms with E-state index in [9.17, 15) is 51.3 Å². The fraction of sp³-hybridized carbons (Fsp3) is 0.396. The summed E-state index contributed by atoms with van der Waals surface area (Å²) in [5.74, 6) is -2.54. The number of thioether (sulfide) groups is 1. The lowest BCUT2D eigenvalue weighted by molar-refractivity contribution is -0.139. The number of carbonyl (C=O) groups excluding carboxylic acids is 2. The van der Waals surface area contributed by atoms with Crippen LogP contribution < -0.4 is 33.1 Å². The van der Waals surface area contributed by atoms with Crippen LogP contribution in [-0.2, 0) is 77.9 Å². The van der Waals surface area contributed by atoms with Crippen LogP contribution in [0.1, 0.15) is 57.8 Å². The van der Waals surface area contributed by atoms with Gasteiger partial charge in [-0.3, -0.25) is 27.5 Å². The zero-order chi connectivity index (χ0) is 64.8. The van der Waals surface area contributed by atoms with Gasteiger partial charge in [-0.25, -0.2) is 48.8 Å². The van der Waals surface area contributed by atoms with Gasteiger partial charge in [-0.15, -0.1) is 11.8 Å². The van der Waals surface area contributed by atoms with Crippen molar-refractivity contribution < 1.29 is 94.4 Å². The van der Waals surface area contributed by atoms with Crippen molar-refractivity contribution in [2.75, 3.05) is 43.8 Å². The SMILES string of the molecule is CC(C)OC(=O)OCOP(=O)(CO[C@H](C)Cn1cnc2c(N)ncnc21)OCOC(=O)OC(C)C.Cn1c(Cn2ccc(C(F)(F)F)c(Oc3cc(Cl)cc(C#N)c3)c2=O)n[nH]c1=O.Nc1ccn([C@@H]2CS[C@H](CO)O2)c(=O)n1.O=C(O)/C=C/C(=O)O. The van der Waals surface area contributed by atoms with Gasteiger partial charge < -0.3 is 69.1 Å². The predicted molar refractivity (Wildman–Crippen MR) is 296 cm³/mol. The number of aliphatic hydroxyl groups is 1. The minimum absolute atomic E-state index is 0.0452. The third kappa shape index (κ3) is 23.1. The number of aromatic nitrogens is 10. The van der Waals surface area contributed by atoms with E-state index in [0.29, 0.717) is 35.1 Å². The molecule has 0 amide bonds. The summed E-state index contributed by atoms with van der Waals surface area (Å²) in [4.78, 5) is 93.6. The summed E-state index contributed by atoms with van der Waals surface area (Å²) < 4.78 is 104. The van der Waals surface area contributed by atoms with Gasteiger partial charge in [-0.1, -0.05) is 11.6 Å². The van der Waals surface area contributed by atoms with E-state index in [2.05, 4.69) is 30.1 Å². The fourth-order valence-electron chi connectivity index (χ4n) is 6.40. The number of fused-ring (bicyclic) bond motifs is 1. The molecule has 472 valence electrons. The predicted octanol–water partition coefficient (Wildman–Crippen LogP) is 4.81. The molecule has 1 aromatic carbocycles. The first-order valence-electron chi connectivity index (χ1n) is 24.7. The number of aliphatic hydroxyl groups excluding tert-OH is 1. The number of nitriles is 1. The number of anilines is 2. The van der Waals surface area contributed by atoms with Gasteiger partial charge in [0.2, 0.25) is 19.3 Å². The third-order valence-corrected chi connectivity index (χ3v) is 13.1. The molecule has 3 atom stereocenters. The molecular weight excluding hydrogens is 1230 g/mol. The number of carboxylic acids is 2. The van der Waals surface area contributed by atoms with Gasteiger partial charge in [-0.2, -0.15) is 28.5 Å². The van der Waals surface area contributed by atoms with Crippen molar-refractivity contribution in [2.45, 2.75) is 83.9 Å². The van der Waals surface area contributed by atoms with Gasteiger partial charge >= 0.3 is 49.4 Å². The number of imidazole rings is 1. The first-order valence-corrected chi connectivity index (χ1v) is 27.8. The number of alkyl halides is 3. The maximum Gasteiger partial charge on any atom is 0.510 e. The molecule has 0 radical (unpaired) electrons. The number of nitrogens with two attached hydrogens (primary N) is 2. The van der Waals surface area contributed by atoms with Crippen molar-refractivity contribution in [3.8, 4) is 17.6 Å². The molecule has 0 aliphatic carbocycles. The number of ether oxygens (including phenoxy) is 7. The van der Waals surface area contributed by atoms with Gasteiger partial charge in [0.15, 0.2) is 17.3 Å². The maximum absolute atomic E-state index is 13.4. The Morgan fingerprint density at radius 3 is 2.11 bits per heavy atom. The molecule has 33 nitrogen and oxygen atoms in total. The number of halogens is 4. The second kappa shape index (κ2) is 33.1. The van der Waals surface area contributed by atoms with E-state index in [1.54, 1.807) is 57.5 Å². The van der Waals surface area contributed by atoms with Crippen molar-refractivity contribution in [2.24, 2.45) is 7.05 Å². The Kier molecular flexibility index (Phi) is 26.9. The number of rotatable bonds is 21. The highest BCUT2D eigenvalue weighted by molar-refractivity contribution is 8.00. The Bertz CT molecular complexity index is 3600. The van der Waals surface area contributed by atoms with E-state index >= 15 is 0 Å². The molecule has 6 aromatic rings. The number of aliphatic carboxylic acids is 2. The Morgan fingerprint density at radius 2 is 1.59 bits per heavy atom. The Labute approximate surface area is 497 Å². The second-order valence-corrected chi connectivity index (χ2v) is 21.3. The fourth-order valence-corrected chi connectivity index (χ4v) is 8.65. The van der Waals surface area contributed by atoms with E-state index in [4.69, 9.17) is 85.9 Å². The molecule has 1 fully saturated rings. The summed E-state index contributed by atoms with van der Waals surface area (Å²) in [6, 6.07) is 7.64. The number of benzene rings is 1. The number of hydrogen-bond acceptors (Lipinski definition) is 27. The normalized spacial score (nSPS) is 14.2. The maximum atomic E-state index is 13.4. The van der Waals surface area contributed by atoms with Crippen LogP contribution >= 0.6 is 31.0 Å². The van der Waals surface area contributed by atoms with E-state index in [-0.39, 0.29) is 65.2 Å². The van der Waals surface area contributed by atoms with Crippen LogP contribution in [-0.4, -0.2) is 144 Å². The number of pyridine rings is 1. The van der Waals surface area contributed by atoms with Crippen molar-refractivity contribution in [3.63, 3.8) is 0 Å². The average Bonchev–Trinajstić information content (AvgIpc) is 2.13. The number of nitrogen functional groups attached to an aromatic ring is 2. The molecule has 0 spiro atoms. The molecule has 6 heterocycles. The van der Waals surface area contributed by atoms with Gasteiger partial charge in [-0.05, 0) is 65.0 Å². The van der Waals surface area contributed by atoms with Crippen LogP contribution in [0.15, 0.2) is 81.9 Å². The van der Waals surface area contributed by atoms with Crippen LogP contribution in [0.4, 0.5) is 34.4 Å². The molecule has 0 bridgehead atoms. The molecule has 1 saturated heterocycles. The van der Waals surface area contributed by atoms with E-state index in [1.165, 1.54) is 48.2 Å². The first-order chi connectivity index (χ1) is 40.9. The van der Waals surface area contributed by atoms with E-state index < -0.39 is 105 Å². The van der Waals surface area contributed by atoms with Gasteiger partial charge in [0, 0.05) is 42.4 Å². The summed E-state index contributed by atoms with van der Waals surface area (Å²) in [7, 11) is -2.67. The van der Waals surface area contributed by atoms with E-state index in [1.807, 2.05) is 0 Å². The van der Waals surface area contributed by atoms with Crippen LogP contribution in [0.25, 0.3) is 11.2 Å². The number of aromatic amines is 1. The molecule has 8 N–H and O–H groups in total. The van der Waals surface area contributed by atoms with Crippen molar-refractivity contribution in [3.05, 3.63) is 121 Å². The van der Waals surface area contributed by atoms with Crippen LogP contribution in [0, 0.1) is 11.3 Å². The van der Waals surface area contributed by atoms with Gasteiger partial charge in [0.1, 0.15) is 47.0 Å². The quantitative estimate of drug-likeness (QED) is 0.0244. The number of carboxylic acid groups (broad SMARTS) is 2. The highest BCUT2D eigenvalue weighted by Gasteiger charge is 2.37. The van der Waals surface area contributed by atoms with Gasteiger partial charge in [0.05, 0.1) is 56.0 Å². The number of hydrogen-bond donors (Lipinski definition) is 6. The summed E-state index contributed by atoms with van der Waals surface area (Å²) >= 11 is 7.31. The first kappa shape index (κ1) is 70.6. The summed E-state index contributed by atoms with van der Waals surface area (Å²) in [6.07, 6.45) is -2.78. The molecule has 1 aliphatic heterocycles.